The molecule has 1 atom stereocenters. The molecule has 38 heavy (non-hydrogen) atoms. The lowest BCUT2D eigenvalue weighted by atomic mass is 9.79. The average Bonchev–Trinajstić information content (AvgIpc) is 3.31. The molecule has 4 nitrogen and oxygen atoms in total. The molecule has 4 aromatic rings. The molecule has 1 spiro atoms. The number of aromatic amines is 1. The lowest BCUT2D eigenvalue weighted by molar-refractivity contribution is -0.139. The summed E-state index contributed by atoms with van der Waals surface area (Å²) in [7, 11) is 0. The normalized spacial score (nSPS) is 19.9. The van der Waals surface area contributed by atoms with Gasteiger partial charge in [0.1, 0.15) is 11.6 Å². The van der Waals surface area contributed by atoms with Gasteiger partial charge in [-0.05, 0) is 72.7 Å². The summed E-state index contributed by atoms with van der Waals surface area (Å²) in [6.45, 7) is 1.71. The summed E-state index contributed by atoms with van der Waals surface area (Å²) in [5.41, 5.74) is 2.02. The second kappa shape index (κ2) is 9.88. The van der Waals surface area contributed by atoms with E-state index in [1.807, 2.05) is 42.5 Å². The van der Waals surface area contributed by atoms with Gasteiger partial charge in [-0.3, -0.25) is 0 Å². The summed E-state index contributed by atoms with van der Waals surface area (Å²) in [5, 5.41) is 12.6. The molecule has 1 aliphatic heterocycles. The molecule has 0 radical (unpaired) electrons. The lowest BCUT2D eigenvalue weighted by Gasteiger charge is -2.29. The van der Waals surface area contributed by atoms with Crippen molar-refractivity contribution in [2.45, 2.75) is 30.9 Å². The predicted molar refractivity (Wildman–Crippen MR) is 142 cm³/mol. The number of alkyl halides is 3. The quantitative estimate of drug-likeness (QED) is 0.260. The summed E-state index contributed by atoms with van der Waals surface area (Å²) in [6.07, 6.45) is -2.13. The Bertz CT molecular complexity index is 1520. The molecule has 6 rings (SSSR count). The zero-order valence-corrected chi connectivity index (χ0v) is 21.7. The Hall–Kier alpha value is -3.12. The van der Waals surface area contributed by atoms with Crippen molar-refractivity contribution < 1.29 is 17.6 Å². The van der Waals surface area contributed by atoms with Crippen LogP contribution in [-0.2, 0) is 11.6 Å². The molecule has 1 saturated heterocycles. The first-order valence-electron chi connectivity index (χ1n) is 11.8. The predicted octanol–water partition coefficient (Wildman–Crippen LogP) is 7.16. The number of halogens is 6. The molecule has 1 unspecified atom stereocenters. The van der Waals surface area contributed by atoms with Gasteiger partial charge in [0.05, 0.1) is 33.6 Å². The molecule has 1 saturated carbocycles. The van der Waals surface area contributed by atoms with Gasteiger partial charge in [0, 0.05) is 6.07 Å². The van der Waals surface area contributed by atoms with Crippen LogP contribution in [0, 0.1) is 22.6 Å². The number of fused-ring (bicyclic) bond motifs is 1. The Kier molecular flexibility index (Phi) is 7.26. The van der Waals surface area contributed by atoms with Crippen LogP contribution in [0.5, 0.6) is 0 Å². The van der Waals surface area contributed by atoms with Gasteiger partial charge in [-0.1, -0.05) is 36.4 Å². The van der Waals surface area contributed by atoms with Gasteiger partial charge in [0.15, 0.2) is 0 Å². The van der Waals surface area contributed by atoms with Crippen molar-refractivity contribution in [1.82, 2.24) is 15.3 Å². The maximum Gasteiger partial charge on any atom is 0.419 e. The Labute approximate surface area is 229 Å². The van der Waals surface area contributed by atoms with Gasteiger partial charge in [0.25, 0.3) is 0 Å². The zero-order chi connectivity index (χ0) is 25.1. The van der Waals surface area contributed by atoms with Crippen LogP contribution in [0.4, 0.5) is 17.6 Å². The summed E-state index contributed by atoms with van der Waals surface area (Å²) in [6, 6.07) is 19.3. The first-order chi connectivity index (χ1) is 17.3. The van der Waals surface area contributed by atoms with Crippen LogP contribution in [0.25, 0.3) is 22.2 Å². The molecule has 0 bridgehead atoms. The fraction of sp³-hybridized carbons (Fsp3) is 0.286. The van der Waals surface area contributed by atoms with E-state index in [1.165, 1.54) is 0 Å². The van der Waals surface area contributed by atoms with Crippen LogP contribution in [0.3, 0.4) is 0 Å². The zero-order valence-electron chi connectivity index (χ0n) is 20.0. The number of rotatable bonds is 3. The minimum atomic E-state index is -4.78. The smallest absolute Gasteiger partial charge is 0.341 e. The first-order valence-corrected chi connectivity index (χ1v) is 11.8. The number of piperidine rings is 1. The lowest BCUT2D eigenvalue weighted by Crippen LogP contribution is -2.34. The van der Waals surface area contributed by atoms with E-state index in [-0.39, 0.29) is 41.3 Å². The second-order valence-electron chi connectivity index (χ2n) is 9.81. The molecule has 1 aliphatic carbocycles. The van der Waals surface area contributed by atoms with Crippen LogP contribution >= 0.6 is 24.8 Å². The first kappa shape index (κ1) is 27.9. The van der Waals surface area contributed by atoms with Crippen molar-refractivity contribution in [2.24, 2.45) is 5.41 Å². The van der Waals surface area contributed by atoms with E-state index in [0.717, 1.165) is 61.2 Å². The van der Waals surface area contributed by atoms with Crippen molar-refractivity contribution in [3.05, 3.63) is 89.0 Å². The maximum atomic E-state index is 14.3. The summed E-state index contributed by atoms with van der Waals surface area (Å²) in [4.78, 5) is 7.78. The van der Waals surface area contributed by atoms with E-state index in [1.54, 1.807) is 6.07 Å². The molecule has 0 amide bonds. The van der Waals surface area contributed by atoms with Crippen molar-refractivity contribution >= 4 is 35.8 Å². The molecular formula is C28H24Cl2F4N4. The number of nitrogens with one attached hydrogen (secondary N) is 2. The van der Waals surface area contributed by atoms with Crippen LogP contribution in [0.2, 0.25) is 0 Å². The number of nitriles is 1. The van der Waals surface area contributed by atoms with Gasteiger partial charge < -0.3 is 10.3 Å². The Morgan fingerprint density at radius 1 is 0.921 bits per heavy atom. The fourth-order valence-corrected chi connectivity index (χ4v) is 6.02. The van der Waals surface area contributed by atoms with Crippen molar-refractivity contribution in [2.75, 3.05) is 13.1 Å². The van der Waals surface area contributed by atoms with Gasteiger partial charge in [-0.2, -0.15) is 18.4 Å². The molecule has 2 N–H and O–H groups in total. The highest BCUT2D eigenvalue weighted by Gasteiger charge is 2.69. The molecular weight excluding hydrogens is 539 g/mol. The molecule has 198 valence electrons. The molecule has 10 heteroatoms. The Balaban J connectivity index is 0.00000168. The van der Waals surface area contributed by atoms with Crippen LogP contribution in [0.15, 0.2) is 60.7 Å². The third kappa shape index (κ3) is 4.33. The molecule has 1 aromatic heterocycles. The summed E-state index contributed by atoms with van der Waals surface area (Å²) >= 11 is 0. The highest BCUT2D eigenvalue weighted by atomic mass is 35.5. The molecule has 2 aliphatic rings. The summed E-state index contributed by atoms with van der Waals surface area (Å²) < 4.78 is 54.2. The fourth-order valence-electron chi connectivity index (χ4n) is 6.02. The molecule has 2 fully saturated rings. The van der Waals surface area contributed by atoms with Crippen LogP contribution in [0.1, 0.15) is 41.8 Å². The molecule has 3 aromatic carbocycles. The minimum absolute atomic E-state index is 0. The number of imidazole rings is 1. The van der Waals surface area contributed by atoms with E-state index in [0.29, 0.717) is 11.4 Å². The average molecular weight is 563 g/mol. The van der Waals surface area contributed by atoms with E-state index < -0.39 is 23.0 Å². The number of aromatic nitrogens is 2. The van der Waals surface area contributed by atoms with Gasteiger partial charge >= 0.3 is 6.18 Å². The number of benzene rings is 3. The minimum Gasteiger partial charge on any atom is -0.341 e. The van der Waals surface area contributed by atoms with E-state index >= 15 is 0 Å². The maximum absolute atomic E-state index is 14.3. The van der Waals surface area contributed by atoms with Crippen molar-refractivity contribution in [1.29, 1.82) is 5.26 Å². The van der Waals surface area contributed by atoms with E-state index in [4.69, 9.17) is 0 Å². The monoisotopic (exact) mass is 562 g/mol. The largest absolute Gasteiger partial charge is 0.419 e. The Morgan fingerprint density at radius 2 is 1.63 bits per heavy atom. The van der Waals surface area contributed by atoms with E-state index in [2.05, 4.69) is 21.4 Å². The highest BCUT2D eigenvalue weighted by Crippen LogP contribution is 2.71. The standard InChI is InChI=1S/C28H22F4N4.2ClH/c29-22-14-24-23(13-21(22)28(30,31)32)35-25(36-24)27(16-26(27)8-10-34-11-9-26)20-6-4-18(5-7-20)19-3-1-2-17(12-19)15-33;;/h1-7,12-14,34H,8-11,16H2,(H,35,36);2*1H. The molecule has 2 heterocycles. The SMILES string of the molecule is Cl.Cl.N#Cc1cccc(-c2ccc(C3(c4nc5cc(F)c(C(F)(F)F)cc5[nH]4)CC34CCNCC4)cc2)c1. The van der Waals surface area contributed by atoms with E-state index in [9.17, 15) is 22.8 Å². The highest BCUT2D eigenvalue weighted by molar-refractivity contribution is 5.85. The number of nitrogens with zero attached hydrogens (tertiary/aromatic N) is 2. The Morgan fingerprint density at radius 3 is 2.29 bits per heavy atom. The van der Waals surface area contributed by atoms with Crippen molar-refractivity contribution in [3.63, 3.8) is 0 Å². The third-order valence-corrected chi connectivity index (χ3v) is 7.93. The van der Waals surface area contributed by atoms with Gasteiger partial charge in [0.2, 0.25) is 0 Å². The second-order valence-corrected chi connectivity index (χ2v) is 9.81. The van der Waals surface area contributed by atoms with Crippen LogP contribution in [-0.4, -0.2) is 23.1 Å². The third-order valence-electron chi connectivity index (χ3n) is 7.93. The topological polar surface area (TPSA) is 64.5 Å². The van der Waals surface area contributed by atoms with Crippen LogP contribution < -0.4 is 5.32 Å². The van der Waals surface area contributed by atoms with Crippen molar-refractivity contribution in [3.8, 4) is 17.2 Å². The number of hydrogen-bond donors (Lipinski definition) is 2. The van der Waals surface area contributed by atoms with Gasteiger partial charge in [-0.15, -0.1) is 24.8 Å². The van der Waals surface area contributed by atoms with Gasteiger partial charge in [-0.25, -0.2) is 9.37 Å². The number of hydrogen-bond acceptors (Lipinski definition) is 3. The summed E-state index contributed by atoms with van der Waals surface area (Å²) in [5.74, 6) is -0.740. The number of H-pyrrole nitrogens is 1.